The Morgan fingerprint density at radius 2 is 1.96 bits per heavy atom. The monoisotopic (exact) mass is 376 g/mol. The van der Waals surface area contributed by atoms with E-state index >= 15 is 0 Å². The number of carbonyl (C=O) groups is 1. The van der Waals surface area contributed by atoms with E-state index in [4.69, 9.17) is 14.5 Å². The van der Waals surface area contributed by atoms with Gasteiger partial charge in [-0.05, 0) is 55.3 Å². The number of aryl methyl sites for hydroxylation is 1. The molecule has 5 nitrogen and oxygen atoms in total. The molecule has 0 spiro atoms. The molecule has 0 radical (unpaired) electrons. The summed E-state index contributed by atoms with van der Waals surface area (Å²) in [6, 6.07) is 14.2. The minimum absolute atomic E-state index is 0.187. The highest BCUT2D eigenvalue weighted by atomic mass is 16.5. The number of aromatic nitrogens is 1. The van der Waals surface area contributed by atoms with Gasteiger partial charge < -0.3 is 14.4 Å². The summed E-state index contributed by atoms with van der Waals surface area (Å²) < 4.78 is 10.7. The predicted octanol–water partition coefficient (Wildman–Crippen LogP) is 4.49. The summed E-state index contributed by atoms with van der Waals surface area (Å²) in [4.78, 5) is 18.9. The molecule has 1 saturated heterocycles. The lowest BCUT2D eigenvalue weighted by atomic mass is 10.0. The molecule has 2 aromatic carbocycles. The predicted molar refractivity (Wildman–Crippen MR) is 111 cm³/mol. The summed E-state index contributed by atoms with van der Waals surface area (Å²) >= 11 is 0. The number of benzene rings is 2. The van der Waals surface area contributed by atoms with Crippen molar-refractivity contribution >= 4 is 22.5 Å². The lowest BCUT2D eigenvalue weighted by molar-refractivity contribution is -0.117. The van der Waals surface area contributed by atoms with Crippen LogP contribution in [0.5, 0.6) is 5.75 Å². The first-order valence-electron chi connectivity index (χ1n) is 9.48. The van der Waals surface area contributed by atoms with Crippen molar-refractivity contribution in [1.29, 1.82) is 0 Å². The maximum atomic E-state index is 12.1. The molecule has 0 N–H and O–H groups in total. The summed E-state index contributed by atoms with van der Waals surface area (Å²) in [6.07, 6.45) is 1.54. The van der Waals surface area contributed by atoms with E-state index in [1.54, 1.807) is 14.2 Å². The van der Waals surface area contributed by atoms with Gasteiger partial charge in [0, 0.05) is 42.3 Å². The highest BCUT2D eigenvalue weighted by Crippen LogP contribution is 2.31. The zero-order valence-corrected chi connectivity index (χ0v) is 16.5. The topological polar surface area (TPSA) is 51.7 Å². The molecule has 1 amide bonds. The van der Waals surface area contributed by atoms with E-state index in [-0.39, 0.29) is 5.91 Å². The molecule has 0 atom stereocenters. The van der Waals surface area contributed by atoms with Crippen molar-refractivity contribution in [2.45, 2.75) is 26.4 Å². The fourth-order valence-corrected chi connectivity index (χ4v) is 3.83. The molecule has 1 aromatic heterocycles. The zero-order valence-electron chi connectivity index (χ0n) is 16.5. The fourth-order valence-electron chi connectivity index (χ4n) is 3.83. The van der Waals surface area contributed by atoms with E-state index in [1.165, 1.54) is 0 Å². The molecule has 3 aromatic rings. The second-order valence-corrected chi connectivity index (χ2v) is 7.13. The molecule has 0 saturated carbocycles. The summed E-state index contributed by atoms with van der Waals surface area (Å²) in [5.74, 6) is 0.990. The summed E-state index contributed by atoms with van der Waals surface area (Å²) in [5, 5.41) is 1.10. The van der Waals surface area contributed by atoms with Crippen molar-refractivity contribution < 1.29 is 14.3 Å². The van der Waals surface area contributed by atoms with Gasteiger partial charge in [-0.2, -0.15) is 0 Å². The second-order valence-electron chi connectivity index (χ2n) is 7.13. The molecule has 0 unspecified atom stereocenters. The highest BCUT2D eigenvalue weighted by Gasteiger charge is 2.22. The van der Waals surface area contributed by atoms with E-state index in [9.17, 15) is 4.79 Å². The SMILES string of the molecule is COCc1cc(-c2cc(C)c3ccc(N4CCCC4=O)cc3n2)ccc1OC. The van der Waals surface area contributed by atoms with Gasteiger partial charge in [0.25, 0.3) is 0 Å². The van der Waals surface area contributed by atoms with Crippen LogP contribution in [-0.4, -0.2) is 31.7 Å². The Morgan fingerprint density at radius 3 is 2.68 bits per heavy atom. The van der Waals surface area contributed by atoms with Crippen LogP contribution in [0, 0.1) is 6.92 Å². The number of carbonyl (C=O) groups excluding carboxylic acids is 1. The molecule has 1 aliphatic heterocycles. The molecule has 0 aliphatic carbocycles. The summed E-state index contributed by atoms with van der Waals surface area (Å²) in [5.41, 5.74) is 5.88. The lowest BCUT2D eigenvalue weighted by Gasteiger charge is -2.17. The van der Waals surface area contributed by atoms with Gasteiger partial charge in [0.2, 0.25) is 5.91 Å². The van der Waals surface area contributed by atoms with E-state index in [2.05, 4.69) is 25.1 Å². The van der Waals surface area contributed by atoms with Gasteiger partial charge in [0.05, 0.1) is 24.9 Å². The van der Waals surface area contributed by atoms with Crippen LogP contribution >= 0.6 is 0 Å². The van der Waals surface area contributed by atoms with Crippen LogP contribution in [0.25, 0.3) is 22.2 Å². The minimum Gasteiger partial charge on any atom is -0.496 e. The quantitative estimate of drug-likeness (QED) is 0.658. The Balaban J connectivity index is 1.79. The maximum absolute atomic E-state index is 12.1. The van der Waals surface area contributed by atoms with Crippen molar-refractivity contribution in [3.05, 3.63) is 53.6 Å². The van der Waals surface area contributed by atoms with Gasteiger partial charge in [0.15, 0.2) is 0 Å². The number of methoxy groups -OCH3 is 2. The number of fused-ring (bicyclic) bond motifs is 1. The van der Waals surface area contributed by atoms with E-state index in [0.29, 0.717) is 13.0 Å². The molecule has 1 aliphatic rings. The van der Waals surface area contributed by atoms with Crippen LogP contribution in [0.4, 0.5) is 5.69 Å². The van der Waals surface area contributed by atoms with Crippen LogP contribution in [0.1, 0.15) is 24.0 Å². The van der Waals surface area contributed by atoms with Gasteiger partial charge in [0.1, 0.15) is 5.75 Å². The normalized spacial score (nSPS) is 14.1. The van der Waals surface area contributed by atoms with Crippen molar-refractivity contribution in [2.24, 2.45) is 0 Å². The Kier molecular flexibility index (Phi) is 5.01. The van der Waals surface area contributed by atoms with Gasteiger partial charge in [-0.15, -0.1) is 0 Å². The number of pyridine rings is 1. The first-order valence-corrected chi connectivity index (χ1v) is 9.48. The zero-order chi connectivity index (χ0) is 19.7. The number of ether oxygens (including phenoxy) is 2. The lowest BCUT2D eigenvalue weighted by Crippen LogP contribution is -2.23. The van der Waals surface area contributed by atoms with Crippen LogP contribution in [0.3, 0.4) is 0 Å². The summed E-state index contributed by atoms with van der Waals surface area (Å²) in [7, 11) is 3.33. The average molecular weight is 376 g/mol. The average Bonchev–Trinajstić information content (AvgIpc) is 3.13. The van der Waals surface area contributed by atoms with Crippen molar-refractivity contribution in [2.75, 3.05) is 25.7 Å². The number of hydrogen-bond acceptors (Lipinski definition) is 4. The molecule has 4 rings (SSSR count). The number of hydrogen-bond donors (Lipinski definition) is 0. The van der Waals surface area contributed by atoms with Crippen LogP contribution in [0.15, 0.2) is 42.5 Å². The Hall–Kier alpha value is -2.92. The van der Waals surface area contributed by atoms with E-state index in [1.807, 2.05) is 29.2 Å². The van der Waals surface area contributed by atoms with Gasteiger partial charge in [-0.25, -0.2) is 4.98 Å². The largest absolute Gasteiger partial charge is 0.496 e. The van der Waals surface area contributed by atoms with Gasteiger partial charge in [-0.1, -0.05) is 6.07 Å². The molecule has 5 heteroatoms. The maximum Gasteiger partial charge on any atom is 0.227 e. The van der Waals surface area contributed by atoms with Crippen LogP contribution < -0.4 is 9.64 Å². The second kappa shape index (κ2) is 7.60. The third-order valence-electron chi connectivity index (χ3n) is 5.26. The Labute approximate surface area is 164 Å². The van der Waals surface area contributed by atoms with Crippen LogP contribution in [-0.2, 0) is 16.1 Å². The van der Waals surface area contributed by atoms with Crippen molar-refractivity contribution in [1.82, 2.24) is 4.98 Å². The fraction of sp³-hybridized carbons (Fsp3) is 0.304. The number of amides is 1. The molecular weight excluding hydrogens is 352 g/mol. The molecule has 1 fully saturated rings. The smallest absolute Gasteiger partial charge is 0.227 e. The first-order chi connectivity index (χ1) is 13.6. The molecule has 0 bridgehead atoms. The third kappa shape index (κ3) is 3.34. The molecule has 144 valence electrons. The standard InChI is InChI=1S/C23H24N2O3/c1-15-11-20(16-6-9-22(28-3)17(12-16)14-27-2)24-21-13-18(7-8-19(15)21)25-10-4-5-23(25)26/h6-9,11-13H,4-5,10,14H2,1-3H3. The Bertz CT molecular complexity index is 1050. The van der Waals surface area contributed by atoms with Crippen molar-refractivity contribution in [3.8, 4) is 17.0 Å². The minimum atomic E-state index is 0.187. The van der Waals surface area contributed by atoms with E-state index < -0.39 is 0 Å². The van der Waals surface area contributed by atoms with Gasteiger partial charge >= 0.3 is 0 Å². The van der Waals surface area contributed by atoms with E-state index in [0.717, 1.165) is 57.7 Å². The number of anilines is 1. The first kappa shape index (κ1) is 18.4. The van der Waals surface area contributed by atoms with Crippen LogP contribution in [0.2, 0.25) is 0 Å². The highest BCUT2D eigenvalue weighted by molar-refractivity contribution is 5.98. The van der Waals surface area contributed by atoms with Gasteiger partial charge in [-0.3, -0.25) is 4.79 Å². The Morgan fingerprint density at radius 1 is 1.11 bits per heavy atom. The summed E-state index contributed by atoms with van der Waals surface area (Å²) in [6.45, 7) is 3.35. The number of rotatable bonds is 5. The third-order valence-corrected chi connectivity index (χ3v) is 5.26. The van der Waals surface area contributed by atoms with Crippen molar-refractivity contribution in [3.63, 3.8) is 0 Å². The molecular formula is C23H24N2O3. The molecule has 2 heterocycles. The number of nitrogens with zero attached hydrogens (tertiary/aromatic N) is 2. The molecule has 28 heavy (non-hydrogen) atoms.